The van der Waals surface area contributed by atoms with E-state index in [0.717, 1.165) is 85.8 Å². The van der Waals surface area contributed by atoms with Crippen molar-refractivity contribution in [3.63, 3.8) is 0 Å². The zero-order chi connectivity index (χ0) is 35.0. The Kier molecular flexibility index (Phi) is 23.6. The smallest absolute Gasteiger partial charge is 0.359 e. The Morgan fingerprint density at radius 1 is 0.935 bits per heavy atom. The lowest BCUT2D eigenvalue weighted by Gasteiger charge is -2.23. The number of hydrogen-bond acceptors (Lipinski definition) is 4. The summed E-state index contributed by atoms with van der Waals surface area (Å²) in [4.78, 5) is 15.7. The third-order valence-electron chi connectivity index (χ3n) is 7.57. The third-order valence-corrected chi connectivity index (χ3v) is 7.57. The van der Waals surface area contributed by atoms with Gasteiger partial charge in [-0.2, -0.15) is 13.2 Å². The first-order chi connectivity index (χ1) is 22.0. The number of halogens is 3. The van der Waals surface area contributed by atoms with Crippen LogP contribution in [-0.2, 0) is 6.42 Å². The summed E-state index contributed by atoms with van der Waals surface area (Å²) >= 11 is 0. The van der Waals surface area contributed by atoms with Crippen molar-refractivity contribution in [2.24, 2.45) is 10.9 Å². The summed E-state index contributed by atoms with van der Waals surface area (Å²) in [7, 11) is 0. The lowest BCUT2D eigenvalue weighted by Crippen LogP contribution is -2.28. The first-order valence-corrected chi connectivity index (χ1v) is 17.4. The van der Waals surface area contributed by atoms with Crippen LogP contribution in [0.2, 0.25) is 0 Å². The Labute approximate surface area is 278 Å². The van der Waals surface area contributed by atoms with Crippen LogP contribution < -0.4 is 10.6 Å². The zero-order valence-electron chi connectivity index (χ0n) is 30.2. The maximum absolute atomic E-state index is 12.6. The Balaban J connectivity index is 0.000000891. The van der Waals surface area contributed by atoms with Crippen LogP contribution in [-0.4, -0.2) is 31.3 Å². The average molecular weight is 646 g/mol. The predicted molar refractivity (Wildman–Crippen MR) is 193 cm³/mol. The molecule has 0 spiro atoms. The van der Waals surface area contributed by atoms with Crippen molar-refractivity contribution in [1.29, 1.82) is 0 Å². The van der Waals surface area contributed by atoms with Gasteiger partial charge >= 0.3 is 6.18 Å². The first kappa shape index (κ1) is 43.1. The van der Waals surface area contributed by atoms with Gasteiger partial charge in [-0.1, -0.05) is 78.2 Å². The van der Waals surface area contributed by atoms with Gasteiger partial charge in [0.05, 0.1) is 0 Å². The van der Waals surface area contributed by atoms with E-state index in [2.05, 4.69) is 53.8 Å². The fraction of sp³-hybridized carbons (Fsp3) is 0.590. The number of aliphatic imine (C=N–C) groups is 1. The van der Waals surface area contributed by atoms with E-state index < -0.39 is 11.9 Å². The fourth-order valence-corrected chi connectivity index (χ4v) is 4.74. The van der Waals surface area contributed by atoms with E-state index in [1.165, 1.54) is 24.6 Å². The van der Waals surface area contributed by atoms with Crippen LogP contribution in [0.5, 0.6) is 0 Å². The van der Waals surface area contributed by atoms with Gasteiger partial charge in [-0.05, 0) is 127 Å². The fourth-order valence-electron chi connectivity index (χ4n) is 4.74. The molecule has 0 bridgehead atoms. The second-order valence-electron chi connectivity index (χ2n) is 11.5. The summed E-state index contributed by atoms with van der Waals surface area (Å²) in [6, 6.07) is 6.39. The van der Waals surface area contributed by atoms with Crippen molar-refractivity contribution >= 4 is 17.7 Å². The van der Waals surface area contributed by atoms with E-state index in [1.807, 2.05) is 53.7 Å². The Hall–Kier alpha value is -2.93. The lowest BCUT2D eigenvalue weighted by molar-refractivity contribution is -0.0925. The number of nitrogens with zero attached hydrogens (tertiary/aromatic N) is 1. The minimum absolute atomic E-state index is 0.135. The van der Waals surface area contributed by atoms with Crippen LogP contribution in [0.15, 0.2) is 64.5 Å². The van der Waals surface area contributed by atoms with Crippen LogP contribution in [0, 0.1) is 5.92 Å². The molecule has 0 saturated carbocycles. The summed E-state index contributed by atoms with van der Waals surface area (Å²) in [6.07, 6.45) is 13.7. The molecule has 4 nitrogen and oxygen atoms in total. The van der Waals surface area contributed by atoms with Crippen molar-refractivity contribution in [2.75, 3.05) is 13.1 Å². The molecule has 0 aliphatic carbocycles. The average Bonchev–Trinajstić information content (AvgIpc) is 3.05. The topological polar surface area (TPSA) is 53.5 Å². The number of benzene rings is 1. The molecule has 1 aliphatic rings. The number of nitrogens with one attached hydrogen (secondary N) is 2. The number of carbonyl (C=O) groups is 1. The van der Waals surface area contributed by atoms with Crippen molar-refractivity contribution < 1.29 is 18.0 Å². The van der Waals surface area contributed by atoms with Gasteiger partial charge in [0.15, 0.2) is 5.78 Å². The van der Waals surface area contributed by atoms with Gasteiger partial charge in [0, 0.05) is 23.2 Å². The highest BCUT2D eigenvalue weighted by Crippen LogP contribution is 2.27. The molecule has 0 amide bonds. The number of hydrogen-bond donors (Lipinski definition) is 2. The molecule has 0 radical (unpaired) electrons. The molecular formula is C39H62F3N3O. The molecule has 2 N–H and O–H groups in total. The summed E-state index contributed by atoms with van der Waals surface area (Å²) in [5.41, 5.74) is 5.51. The van der Waals surface area contributed by atoms with E-state index in [0.29, 0.717) is 18.8 Å². The standard InChI is InChI=1S/C23H34N2O.C14H22F3N.C2H6/c1-5-7-8-23(25-17(3)6-2)22-15-20(14-21(16-22)18(4)26)13-19-9-11-24-12-10-19;1-4-7-9-12(6-3)11-18-13(10-8-5-2)14(15,16)17;1-2/h6,8,14-16,19,24-25H,5,7,9-13H2,1-4H3;6,10-11H,4-5,7-9H2,1-3H3;1-2H3/b17-6-,23-8+;12-6-,13-10+,18-11+;. The molecule has 2 rings (SSSR count). The Bertz CT molecular complexity index is 1150. The predicted octanol–water partition coefficient (Wildman–Crippen LogP) is 11.6. The van der Waals surface area contributed by atoms with Crippen molar-refractivity contribution in [3.8, 4) is 0 Å². The normalized spacial score (nSPS) is 15.2. The quantitative estimate of drug-likeness (QED) is 0.147. The van der Waals surface area contributed by atoms with E-state index in [4.69, 9.17) is 0 Å². The third kappa shape index (κ3) is 18.3. The molecule has 260 valence electrons. The minimum atomic E-state index is -4.37. The number of rotatable bonds is 15. The summed E-state index contributed by atoms with van der Waals surface area (Å²) in [6.45, 7) is 19.9. The number of carbonyl (C=O) groups excluding carboxylic acids is 1. The molecule has 1 fully saturated rings. The summed E-state index contributed by atoms with van der Waals surface area (Å²) in [5.74, 6) is 0.843. The Morgan fingerprint density at radius 2 is 1.54 bits per heavy atom. The van der Waals surface area contributed by atoms with Crippen LogP contribution in [0.1, 0.15) is 142 Å². The maximum Gasteiger partial charge on any atom is 0.433 e. The number of alkyl halides is 3. The summed E-state index contributed by atoms with van der Waals surface area (Å²) in [5, 5.41) is 6.95. The van der Waals surface area contributed by atoms with Gasteiger partial charge in [0.2, 0.25) is 0 Å². The number of ketones is 1. The largest absolute Gasteiger partial charge is 0.433 e. The minimum Gasteiger partial charge on any atom is -0.359 e. The second kappa shape index (κ2) is 25.2. The molecule has 0 aromatic heterocycles. The number of allylic oxidation sites excluding steroid dienone is 7. The van der Waals surface area contributed by atoms with Crippen molar-refractivity contribution in [1.82, 2.24) is 10.6 Å². The molecule has 1 aromatic rings. The summed E-state index contributed by atoms with van der Waals surface area (Å²) < 4.78 is 37.9. The maximum atomic E-state index is 12.6. The van der Waals surface area contributed by atoms with Gasteiger partial charge in [0.1, 0.15) is 5.70 Å². The SMILES string of the molecule is C/C=C(/C)N/C(=C/CCC)c1cc(CC2CCNCC2)cc(C(C)=O)c1.CC.C\C=C(/C=N/C(=C/CCC)C(F)(F)F)CCCC. The van der Waals surface area contributed by atoms with Crippen LogP contribution in [0.25, 0.3) is 5.70 Å². The first-order valence-electron chi connectivity index (χ1n) is 17.4. The zero-order valence-corrected chi connectivity index (χ0v) is 30.2. The molecule has 46 heavy (non-hydrogen) atoms. The Morgan fingerprint density at radius 3 is 2.07 bits per heavy atom. The number of Topliss-reactive ketones (excluding diaryl/α,β-unsaturated/α-hetero) is 1. The van der Waals surface area contributed by atoms with Gasteiger partial charge < -0.3 is 10.6 Å². The van der Waals surface area contributed by atoms with Crippen molar-refractivity contribution in [3.05, 3.63) is 76.2 Å². The molecule has 0 atom stereocenters. The molecule has 7 heteroatoms. The molecule has 1 aromatic carbocycles. The van der Waals surface area contributed by atoms with E-state index >= 15 is 0 Å². The lowest BCUT2D eigenvalue weighted by atomic mass is 9.89. The van der Waals surface area contributed by atoms with Gasteiger partial charge in [-0.15, -0.1) is 0 Å². The van der Waals surface area contributed by atoms with Crippen LogP contribution in [0.4, 0.5) is 13.2 Å². The molecular weight excluding hydrogens is 583 g/mol. The van der Waals surface area contributed by atoms with Gasteiger partial charge in [0.25, 0.3) is 0 Å². The highest BCUT2D eigenvalue weighted by molar-refractivity contribution is 5.95. The molecule has 1 aliphatic heterocycles. The van der Waals surface area contributed by atoms with E-state index in [9.17, 15) is 18.0 Å². The number of unbranched alkanes of at least 4 members (excludes halogenated alkanes) is 3. The van der Waals surface area contributed by atoms with Crippen LogP contribution >= 0.6 is 0 Å². The van der Waals surface area contributed by atoms with Gasteiger partial charge in [-0.3, -0.25) is 9.79 Å². The highest BCUT2D eigenvalue weighted by Gasteiger charge is 2.33. The molecule has 0 unspecified atom stereocenters. The number of piperidine rings is 1. The molecule has 1 heterocycles. The van der Waals surface area contributed by atoms with Gasteiger partial charge in [-0.25, -0.2) is 0 Å². The second-order valence-corrected chi connectivity index (χ2v) is 11.5. The highest BCUT2D eigenvalue weighted by atomic mass is 19.4. The monoisotopic (exact) mass is 645 g/mol. The van der Waals surface area contributed by atoms with E-state index in [-0.39, 0.29) is 5.78 Å². The molecule has 1 saturated heterocycles. The van der Waals surface area contributed by atoms with E-state index in [1.54, 1.807) is 6.92 Å². The van der Waals surface area contributed by atoms with Crippen LogP contribution in [0.3, 0.4) is 0 Å². The van der Waals surface area contributed by atoms with Crippen molar-refractivity contribution in [2.45, 2.75) is 133 Å².